The van der Waals surface area contributed by atoms with Crippen LogP contribution in [0.4, 0.5) is 0 Å². The molecule has 0 fully saturated rings. The van der Waals surface area contributed by atoms with E-state index in [9.17, 15) is 5.21 Å². The maximum Gasteiger partial charge on any atom is 0.180 e. The first-order valence-electron chi connectivity index (χ1n) is 4.79. The Kier molecular flexibility index (Phi) is 2.79. The van der Waals surface area contributed by atoms with Gasteiger partial charge in [-0.1, -0.05) is 30.3 Å². The Balaban J connectivity index is 1.84. The highest BCUT2D eigenvalue weighted by Gasteiger charge is 2.18. The van der Waals surface area contributed by atoms with Gasteiger partial charge in [-0.3, -0.25) is 0 Å². The molecule has 2 rings (SSSR count). The average Bonchev–Trinajstić information content (AvgIpc) is 2.63. The Hall–Kier alpha value is -1.35. The summed E-state index contributed by atoms with van der Waals surface area (Å²) in [7, 11) is 0. The molecule has 0 bridgehead atoms. The smallest absolute Gasteiger partial charge is 0.180 e. The minimum atomic E-state index is -0.00675. The van der Waals surface area contributed by atoms with E-state index in [1.54, 1.807) is 6.21 Å². The minimum absolute atomic E-state index is 0.00675. The first kappa shape index (κ1) is 9.21. The van der Waals surface area contributed by atoms with Crippen molar-refractivity contribution in [1.82, 2.24) is 0 Å². The van der Waals surface area contributed by atoms with Crippen molar-refractivity contribution < 1.29 is 9.48 Å². The summed E-state index contributed by atoms with van der Waals surface area (Å²) in [6.07, 6.45) is 2.40. The largest absolute Gasteiger partial charge is 0.624 e. The zero-order chi connectivity index (χ0) is 9.80. The predicted molar refractivity (Wildman–Crippen MR) is 54.2 cm³/mol. The Labute approximate surface area is 83.2 Å². The Morgan fingerprint density at radius 1 is 1.36 bits per heavy atom. The lowest BCUT2D eigenvalue weighted by Crippen LogP contribution is -2.11. The molecule has 0 spiro atoms. The van der Waals surface area contributed by atoms with Gasteiger partial charge < -0.3 is 9.94 Å². The van der Waals surface area contributed by atoms with Gasteiger partial charge in [-0.05, 0) is 5.56 Å². The number of hydroxylamine groups is 1. The first-order valence-corrected chi connectivity index (χ1v) is 4.79. The number of rotatable bonds is 3. The van der Waals surface area contributed by atoms with E-state index < -0.39 is 0 Å². The molecule has 0 saturated carbocycles. The van der Waals surface area contributed by atoms with Crippen LogP contribution in [-0.4, -0.2) is 23.6 Å². The van der Waals surface area contributed by atoms with Crippen molar-refractivity contribution in [2.24, 2.45) is 0 Å². The molecule has 14 heavy (non-hydrogen) atoms. The number of benzene rings is 1. The normalized spacial score (nSPS) is 20.9. The van der Waals surface area contributed by atoms with Crippen LogP contribution < -0.4 is 0 Å². The molecule has 0 unspecified atom stereocenters. The summed E-state index contributed by atoms with van der Waals surface area (Å²) in [4.78, 5) is 0. The molecule has 3 nitrogen and oxygen atoms in total. The molecule has 1 aromatic carbocycles. The van der Waals surface area contributed by atoms with Crippen molar-refractivity contribution in [2.45, 2.75) is 19.1 Å². The second kappa shape index (κ2) is 4.24. The fourth-order valence-electron chi connectivity index (χ4n) is 1.49. The van der Waals surface area contributed by atoms with E-state index in [2.05, 4.69) is 0 Å². The summed E-state index contributed by atoms with van der Waals surface area (Å²) in [5.74, 6) is 0. The van der Waals surface area contributed by atoms with Crippen LogP contribution in [0.25, 0.3) is 0 Å². The molecular weight excluding hydrogens is 178 g/mol. The molecular formula is C11H13NO2. The summed E-state index contributed by atoms with van der Waals surface area (Å²) in [6.45, 7) is 1.13. The highest BCUT2D eigenvalue weighted by atomic mass is 16.5. The quantitative estimate of drug-likeness (QED) is 0.537. The summed E-state index contributed by atoms with van der Waals surface area (Å²) in [6, 6.07) is 9.98. The van der Waals surface area contributed by atoms with Gasteiger partial charge in [0.25, 0.3) is 0 Å². The van der Waals surface area contributed by atoms with Crippen LogP contribution in [0, 0.1) is 5.21 Å². The lowest BCUT2D eigenvalue weighted by molar-refractivity contribution is -0.443. The number of hydrogen-bond donors (Lipinski definition) is 0. The van der Waals surface area contributed by atoms with E-state index in [0.29, 0.717) is 13.2 Å². The van der Waals surface area contributed by atoms with Crippen LogP contribution in [0.3, 0.4) is 0 Å². The lowest BCUT2D eigenvalue weighted by atomic mass is 10.2. The molecule has 0 saturated heterocycles. The van der Waals surface area contributed by atoms with Crippen LogP contribution in [0.2, 0.25) is 0 Å². The predicted octanol–water partition coefficient (Wildman–Crippen LogP) is 1.56. The molecule has 74 valence electrons. The molecule has 0 aromatic heterocycles. The molecule has 0 radical (unpaired) electrons. The Morgan fingerprint density at radius 3 is 2.79 bits per heavy atom. The van der Waals surface area contributed by atoms with Crippen molar-refractivity contribution in [3.63, 3.8) is 0 Å². The summed E-state index contributed by atoms with van der Waals surface area (Å²) in [5.41, 5.74) is 1.14. The van der Waals surface area contributed by atoms with E-state index in [-0.39, 0.29) is 6.10 Å². The van der Waals surface area contributed by atoms with Gasteiger partial charge in [0.1, 0.15) is 6.10 Å². The number of hydrogen-bond acceptors (Lipinski definition) is 2. The third-order valence-electron chi connectivity index (χ3n) is 2.27. The monoisotopic (exact) mass is 191 g/mol. The third-order valence-corrected chi connectivity index (χ3v) is 2.27. The lowest BCUT2D eigenvalue weighted by Gasteiger charge is -2.05. The van der Waals surface area contributed by atoms with Crippen molar-refractivity contribution in [3.05, 3.63) is 41.1 Å². The van der Waals surface area contributed by atoms with Crippen LogP contribution in [0.15, 0.2) is 30.3 Å². The van der Waals surface area contributed by atoms with Crippen LogP contribution >= 0.6 is 0 Å². The molecule has 1 aromatic rings. The van der Waals surface area contributed by atoms with Gasteiger partial charge in [0.15, 0.2) is 12.8 Å². The molecule has 1 aliphatic heterocycles. The van der Waals surface area contributed by atoms with Gasteiger partial charge in [-0.15, -0.1) is 0 Å². The van der Waals surface area contributed by atoms with Gasteiger partial charge in [0, 0.05) is 6.42 Å². The maximum absolute atomic E-state index is 10.8. The molecule has 1 atom stereocenters. The van der Waals surface area contributed by atoms with Crippen molar-refractivity contribution >= 4 is 6.21 Å². The van der Waals surface area contributed by atoms with Crippen LogP contribution in [0.1, 0.15) is 12.0 Å². The fourth-order valence-corrected chi connectivity index (χ4v) is 1.49. The molecule has 1 aliphatic rings. The zero-order valence-electron chi connectivity index (χ0n) is 7.93. The van der Waals surface area contributed by atoms with Crippen LogP contribution in [-0.2, 0) is 11.3 Å². The number of ether oxygens (including phenoxy) is 1. The Morgan fingerprint density at radius 2 is 2.14 bits per heavy atom. The topological polar surface area (TPSA) is 35.3 Å². The van der Waals surface area contributed by atoms with Crippen LogP contribution in [0.5, 0.6) is 0 Å². The fraction of sp³-hybridized carbons (Fsp3) is 0.364. The number of nitrogens with zero attached hydrogens (tertiary/aromatic N) is 1. The summed E-state index contributed by atoms with van der Waals surface area (Å²) < 4.78 is 6.50. The average molecular weight is 191 g/mol. The second-order valence-electron chi connectivity index (χ2n) is 3.41. The highest BCUT2D eigenvalue weighted by Crippen LogP contribution is 2.07. The third kappa shape index (κ3) is 2.33. The maximum atomic E-state index is 10.8. The SMILES string of the molecule is [O-][N+]1=C[C@@H](OCc2ccccc2)CC1. The molecule has 1 heterocycles. The van der Waals surface area contributed by atoms with Gasteiger partial charge in [-0.25, -0.2) is 4.74 Å². The van der Waals surface area contributed by atoms with E-state index in [0.717, 1.165) is 16.7 Å². The van der Waals surface area contributed by atoms with E-state index in [1.807, 2.05) is 30.3 Å². The van der Waals surface area contributed by atoms with Crippen molar-refractivity contribution in [3.8, 4) is 0 Å². The Bertz CT molecular complexity index is 321. The van der Waals surface area contributed by atoms with Crippen molar-refractivity contribution in [2.75, 3.05) is 6.54 Å². The van der Waals surface area contributed by atoms with Gasteiger partial charge >= 0.3 is 0 Å². The standard InChI is InChI=1S/C11H13NO2/c13-12-7-6-11(8-12)14-9-10-4-2-1-3-5-10/h1-5,8,11H,6-7,9H2/t11-/m0/s1. The van der Waals surface area contributed by atoms with Crippen molar-refractivity contribution in [1.29, 1.82) is 0 Å². The van der Waals surface area contributed by atoms with Gasteiger partial charge in [0.2, 0.25) is 0 Å². The van der Waals surface area contributed by atoms with E-state index in [1.165, 1.54) is 0 Å². The summed E-state index contributed by atoms with van der Waals surface area (Å²) in [5, 5.41) is 10.8. The molecule has 0 N–H and O–H groups in total. The van der Waals surface area contributed by atoms with Gasteiger partial charge in [-0.2, -0.15) is 0 Å². The molecule has 0 amide bonds. The second-order valence-corrected chi connectivity index (χ2v) is 3.41. The minimum Gasteiger partial charge on any atom is -0.624 e. The zero-order valence-corrected chi connectivity index (χ0v) is 7.93. The molecule has 3 heteroatoms. The van der Waals surface area contributed by atoms with E-state index >= 15 is 0 Å². The van der Waals surface area contributed by atoms with Gasteiger partial charge in [0.05, 0.1) is 6.61 Å². The van der Waals surface area contributed by atoms with E-state index in [4.69, 9.17) is 4.74 Å². The molecule has 0 aliphatic carbocycles. The highest BCUT2D eigenvalue weighted by molar-refractivity contribution is 5.59. The first-order chi connectivity index (χ1) is 6.84. The summed E-state index contributed by atoms with van der Waals surface area (Å²) >= 11 is 0.